The number of rotatable bonds is 5. The van der Waals surface area contributed by atoms with Crippen molar-refractivity contribution in [2.75, 3.05) is 0 Å². The van der Waals surface area contributed by atoms with Crippen LogP contribution in [0.25, 0.3) is 27.8 Å². The van der Waals surface area contributed by atoms with Crippen molar-refractivity contribution in [1.82, 2.24) is 9.55 Å². The number of aromatic nitrogens is 2. The highest BCUT2D eigenvalue weighted by Gasteiger charge is 2.26. The molecule has 1 N–H and O–H groups in total. The van der Waals surface area contributed by atoms with E-state index in [1.807, 2.05) is 56.5 Å². The van der Waals surface area contributed by atoms with E-state index >= 15 is 0 Å². The second-order valence-corrected chi connectivity index (χ2v) is 11.8. The zero-order valence-corrected chi connectivity index (χ0v) is 26.0. The Kier molecular flexibility index (Phi) is 8.01. The van der Waals surface area contributed by atoms with Gasteiger partial charge in [-0.05, 0) is 82.1 Å². The Hall–Kier alpha value is -3.22. The molecule has 5 nitrogen and oxygen atoms in total. The highest BCUT2D eigenvalue weighted by atomic mass is 35.5. The summed E-state index contributed by atoms with van der Waals surface area (Å²) in [7, 11) is 0. The molecule has 1 atom stereocenters. The molecule has 9 heteroatoms. The fourth-order valence-electron chi connectivity index (χ4n) is 5.38. The van der Waals surface area contributed by atoms with Gasteiger partial charge in [0.05, 0.1) is 32.5 Å². The molecule has 0 unspecified atom stereocenters. The first-order chi connectivity index (χ1) is 19.4. The topological polar surface area (TPSA) is 64.1 Å². The molecule has 2 heterocycles. The molecule has 0 saturated heterocycles. The summed E-state index contributed by atoms with van der Waals surface area (Å²) < 4.78 is 8.00. The number of H-pyrrole nitrogens is 1. The predicted molar refractivity (Wildman–Crippen MR) is 169 cm³/mol. The molecule has 41 heavy (non-hydrogen) atoms. The van der Waals surface area contributed by atoms with Crippen LogP contribution in [-0.4, -0.2) is 15.5 Å². The molecule has 210 valence electrons. The van der Waals surface area contributed by atoms with Gasteiger partial charge in [-0.25, -0.2) is 4.79 Å². The van der Waals surface area contributed by atoms with E-state index in [1.54, 1.807) is 31.2 Å². The molecule has 5 rings (SSSR count). The molecule has 0 bridgehead atoms. The first-order valence-electron chi connectivity index (χ1n) is 12.8. The van der Waals surface area contributed by atoms with Crippen molar-refractivity contribution in [2.45, 2.75) is 40.7 Å². The largest absolute Gasteiger partial charge is 0.454 e. The van der Waals surface area contributed by atoms with Crippen LogP contribution in [0.1, 0.15) is 51.5 Å². The van der Waals surface area contributed by atoms with Gasteiger partial charge in [-0.15, -0.1) is 0 Å². The normalized spacial score (nSPS) is 12.1. The van der Waals surface area contributed by atoms with Crippen molar-refractivity contribution in [2.24, 2.45) is 0 Å². The summed E-state index contributed by atoms with van der Waals surface area (Å²) in [5.74, 6) is -0.582. The average molecular weight is 628 g/mol. The Morgan fingerprint density at radius 3 is 2.12 bits per heavy atom. The maximum Gasteiger partial charge on any atom is 0.340 e. The lowest BCUT2D eigenvalue weighted by Crippen LogP contribution is -2.16. The number of halogens is 4. The van der Waals surface area contributed by atoms with Crippen LogP contribution < -0.4 is 5.43 Å². The number of hydrogen-bond donors (Lipinski definition) is 1. The van der Waals surface area contributed by atoms with Crippen LogP contribution in [0.5, 0.6) is 0 Å². The number of fused-ring (bicyclic) bond motifs is 1. The Morgan fingerprint density at radius 1 is 0.829 bits per heavy atom. The predicted octanol–water partition coefficient (Wildman–Crippen LogP) is 9.75. The van der Waals surface area contributed by atoms with Crippen molar-refractivity contribution in [1.29, 1.82) is 0 Å². The number of aryl methyl sites for hydroxylation is 4. The summed E-state index contributed by atoms with van der Waals surface area (Å²) >= 11 is 25.6. The summed E-state index contributed by atoms with van der Waals surface area (Å²) in [6, 6.07) is 15.7. The lowest BCUT2D eigenvalue weighted by molar-refractivity contribution is 0.0338. The summed E-state index contributed by atoms with van der Waals surface area (Å²) in [5, 5.41) is 1.74. The van der Waals surface area contributed by atoms with E-state index in [0.717, 1.165) is 33.6 Å². The molecular weight excluding hydrogens is 602 g/mol. The Labute approximate surface area is 257 Å². The quantitative estimate of drug-likeness (QED) is 0.197. The number of carbonyl (C=O) groups is 1. The minimum atomic E-state index is -0.699. The maximum atomic E-state index is 13.8. The van der Waals surface area contributed by atoms with Gasteiger partial charge >= 0.3 is 5.97 Å². The Bertz CT molecular complexity index is 1900. The second kappa shape index (κ2) is 11.2. The third kappa shape index (κ3) is 5.40. The number of aromatic amines is 1. The van der Waals surface area contributed by atoms with Crippen molar-refractivity contribution in [3.63, 3.8) is 0 Å². The van der Waals surface area contributed by atoms with Crippen LogP contribution in [-0.2, 0) is 4.74 Å². The molecular formula is C32H26Cl4N2O3. The van der Waals surface area contributed by atoms with E-state index in [4.69, 9.17) is 51.1 Å². The van der Waals surface area contributed by atoms with Crippen molar-refractivity contribution in [3.05, 3.63) is 119 Å². The van der Waals surface area contributed by atoms with Crippen LogP contribution in [0.3, 0.4) is 0 Å². The van der Waals surface area contributed by atoms with Gasteiger partial charge in [0.2, 0.25) is 0 Å². The van der Waals surface area contributed by atoms with Gasteiger partial charge < -0.3 is 14.3 Å². The number of pyridine rings is 1. The van der Waals surface area contributed by atoms with E-state index in [0.29, 0.717) is 42.4 Å². The molecule has 3 aromatic carbocycles. The molecule has 0 saturated carbocycles. The molecule has 0 fully saturated rings. The van der Waals surface area contributed by atoms with Crippen molar-refractivity contribution >= 4 is 63.3 Å². The summed E-state index contributed by atoms with van der Waals surface area (Å²) in [4.78, 5) is 30.2. The lowest BCUT2D eigenvalue weighted by Gasteiger charge is -2.23. The minimum absolute atomic E-state index is 0.231. The van der Waals surface area contributed by atoms with Crippen molar-refractivity contribution in [3.8, 4) is 16.9 Å². The minimum Gasteiger partial charge on any atom is -0.454 e. The van der Waals surface area contributed by atoms with Gasteiger partial charge in [-0.3, -0.25) is 4.79 Å². The Balaban J connectivity index is 1.62. The van der Waals surface area contributed by atoms with Gasteiger partial charge in [0.25, 0.3) is 0 Å². The van der Waals surface area contributed by atoms with Gasteiger partial charge in [0, 0.05) is 44.0 Å². The smallest absolute Gasteiger partial charge is 0.340 e. The first kappa shape index (κ1) is 29.3. The number of hydrogen-bond acceptors (Lipinski definition) is 3. The number of benzene rings is 3. The van der Waals surface area contributed by atoms with Gasteiger partial charge in [0.1, 0.15) is 6.10 Å². The van der Waals surface area contributed by atoms with Crippen LogP contribution in [0, 0.1) is 27.7 Å². The molecule has 0 aliphatic heterocycles. The monoisotopic (exact) mass is 626 g/mol. The second-order valence-electron chi connectivity index (χ2n) is 10.1. The van der Waals surface area contributed by atoms with E-state index in [-0.39, 0.29) is 11.0 Å². The maximum absolute atomic E-state index is 13.8. The molecule has 0 aliphatic carbocycles. The summed E-state index contributed by atoms with van der Waals surface area (Å²) in [6.07, 6.45) is -0.699. The van der Waals surface area contributed by atoms with Crippen LogP contribution in [0.15, 0.2) is 59.4 Å². The zero-order valence-electron chi connectivity index (χ0n) is 23.0. The number of esters is 1. The summed E-state index contributed by atoms with van der Waals surface area (Å²) in [5.41, 5.74) is 6.63. The van der Waals surface area contributed by atoms with E-state index in [1.165, 1.54) is 6.07 Å². The highest BCUT2D eigenvalue weighted by molar-refractivity contribution is 6.38. The van der Waals surface area contributed by atoms with Gasteiger partial charge in [-0.2, -0.15) is 0 Å². The van der Waals surface area contributed by atoms with Gasteiger partial charge in [0.15, 0.2) is 5.43 Å². The average Bonchev–Trinajstić information content (AvgIpc) is 3.22. The van der Waals surface area contributed by atoms with E-state index in [9.17, 15) is 9.59 Å². The third-order valence-electron chi connectivity index (χ3n) is 7.23. The summed E-state index contributed by atoms with van der Waals surface area (Å²) in [6.45, 7) is 9.53. The van der Waals surface area contributed by atoms with Crippen LogP contribution >= 0.6 is 46.4 Å². The molecule has 0 radical (unpaired) electrons. The first-order valence-corrected chi connectivity index (χ1v) is 14.4. The lowest BCUT2D eigenvalue weighted by atomic mass is 9.91. The zero-order chi connectivity index (χ0) is 29.7. The van der Waals surface area contributed by atoms with Crippen molar-refractivity contribution < 1.29 is 9.53 Å². The molecule has 0 amide bonds. The fraction of sp³-hybridized carbons (Fsp3) is 0.188. The molecule has 0 spiro atoms. The molecule has 0 aliphatic rings. The molecule has 2 aromatic heterocycles. The van der Waals surface area contributed by atoms with E-state index < -0.39 is 12.1 Å². The number of ether oxygens (including phenoxy) is 1. The number of nitrogens with zero attached hydrogens (tertiary/aromatic N) is 1. The molecule has 5 aromatic rings. The number of carbonyl (C=O) groups excluding carboxylic acids is 1. The van der Waals surface area contributed by atoms with Gasteiger partial charge in [-0.1, -0.05) is 58.5 Å². The van der Waals surface area contributed by atoms with Crippen LogP contribution in [0.4, 0.5) is 0 Å². The standard InChI is InChI=1S/C32H26Cl4N2O3/c1-15-6-7-16(2)29(26-14-27(39)22-10-20(33)12-24(35)30(22)37-26)28(15)19(5)41-32(40)23-11-21(34)13-25(36)31(23)38-17(3)8-9-18(38)4/h6-14,19H,1-5H3,(H,37,39)/t19-/m0/s1. The Morgan fingerprint density at radius 2 is 1.44 bits per heavy atom. The SMILES string of the molecule is Cc1ccc(C)c([C@H](C)OC(=O)c2cc(Cl)cc(Cl)c2-n2c(C)ccc2C)c1-c1cc(=O)c2cc(Cl)cc(Cl)c2[nH]1. The van der Waals surface area contributed by atoms with E-state index in [2.05, 4.69) is 4.98 Å². The third-order valence-corrected chi connectivity index (χ3v) is 8.25. The number of nitrogens with one attached hydrogen (secondary N) is 1. The fourth-order valence-corrected chi connectivity index (χ4v) is 6.49. The van der Waals surface area contributed by atoms with Crippen LogP contribution in [0.2, 0.25) is 20.1 Å². The highest BCUT2D eigenvalue weighted by Crippen LogP contribution is 2.38.